The number of likely N-dealkylation sites (N-methyl/N-ethyl adjacent to an activating group) is 1. The third-order valence-corrected chi connectivity index (χ3v) is 6.16. The van der Waals surface area contributed by atoms with Crippen molar-refractivity contribution >= 4 is 67.9 Å². The molecule has 0 spiro atoms. The summed E-state index contributed by atoms with van der Waals surface area (Å²) < 4.78 is 12.4. The fourth-order valence-corrected chi connectivity index (χ4v) is 4.56. The minimum atomic E-state index is -0.0946. The van der Waals surface area contributed by atoms with Crippen molar-refractivity contribution in [3.8, 4) is 11.5 Å². The number of nitrogens with zero attached hydrogens (tertiary/aromatic N) is 3. The Hall–Kier alpha value is -1.58. The number of rotatable bonds is 5. The summed E-state index contributed by atoms with van der Waals surface area (Å²) in [6.07, 6.45) is 0. The molecule has 10 heteroatoms. The largest absolute Gasteiger partial charge is 0.454 e. The van der Waals surface area contributed by atoms with Crippen molar-refractivity contribution in [3.63, 3.8) is 0 Å². The van der Waals surface area contributed by atoms with Gasteiger partial charge in [-0.2, -0.15) is 0 Å². The summed E-state index contributed by atoms with van der Waals surface area (Å²) in [5, 5.41) is 0.653. The predicted octanol–water partition coefficient (Wildman–Crippen LogP) is 4.37. The summed E-state index contributed by atoms with van der Waals surface area (Å²) in [5.74, 6) is 1.30. The zero-order valence-corrected chi connectivity index (χ0v) is 17.8. The number of anilines is 1. The van der Waals surface area contributed by atoms with Crippen LogP contribution in [0, 0.1) is 0 Å². The Morgan fingerprint density at radius 3 is 2.59 bits per heavy atom. The zero-order valence-electron chi connectivity index (χ0n) is 14.6. The summed E-state index contributed by atoms with van der Waals surface area (Å²) in [5.41, 5.74) is 0.793. The second-order valence-corrected chi connectivity index (χ2v) is 8.76. The molecule has 1 amide bonds. The van der Waals surface area contributed by atoms with E-state index in [-0.39, 0.29) is 25.1 Å². The molecule has 0 radical (unpaired) electrons. The van der Waals surface area contributed by atoms with Crippen molar-refractivity contribution in [1.29, 1.82) is 0 Å². The quantitative estimate of drug-likeness (QED) is 0.583. The molecule has 3 heterocycles. The van der Waals surface area contributed by atoms with Gasteiger partial charge >= 0.3 is 0 Å². The fraction of sp³-hybridized carbons (Fsp3) is 0.294. The maximum absolute atomic E-state index is 13.0. The molecule has 0 N–H and O–H groups in total. The number of benzene rings is 1. The predicted molar refractivity (Wildman–Crippen MR) is 113 cm³/mol. The smallest absolute Gasteiger partial charge is 0.270 e. The molecule has 0 fully saturated rings. The van der Waals surface area contributed by atoms with Gasteiger partial charge < -0.3 is 14.4 Å². The molecular formula is C17H17Cl2N3O3S2. The van der Waals surface area contributed by atoms with Crippen LogP contribution in [0.5, 0.6) is 11.5 Å². The normalized spacial score (nSPS) is 12.4. The minimum absolute atomic E-state index is 0. The highest BCUT2D eigenvalue weighted by molar-refractivity contribution is 7.22. The van der Waals surface area contributed by atoms with Crippen molar-refractivity contribution in [2.75, 3.05) is 38.9 Å². The van der Waals surface area contributed by atoms with Crippen molar-refractivity contribution in [1.82, 2.24) is 9.88 Å². The third-order valence-electron chi connectivity index (χ3n) is 3.90. The standard InChI is InChI=1S/C17H16ClN3O3S2.ClH/c1-20(2)5-6-21(16(22)13-3-4-15(18)25-13)17-19-10-7-11-12(24-9-23-11)8-14(10)26-17;/h3-4,7-8H,5-6,9H2,1-2H3;1H. The van der Waals surface area contributed by atoms with Crippen LogP contribution in [0.25, 0.3) is 10.2 Å². The van der Waals surface area contributed by atoms with Gasteiger partial charge in [-0.1, -0.05) is 22.9 Å². The molecule has 4 rings (SSSR count). The van der Waals surface area contributed by atoms with Crippen molar-refractivity contribution < 1.29 is 14.3 Å². The first-order chi connectivity index (χ1) is 12.5. The van der Waals surface area contributed by atoms with Gasteiger partial charge in [0.15, 0.2) is 16.6 Å². The van der Waals surface area contributed by atoms with E-state index in [1.165, 1.54) is 22.7 Å². The number of aromatic nitrogens is 1. The van der Waals surface area contributed by atoms with Gasteiger partial charge in [-0.25, -0.2) is 4.98 Å². The summed E-state index contributed by atoms with van der Waals surface area (Å²) in [6.45, 7) is 1.49. The SMILES string of the molecule is CN(C)CCN(C(=O)c1ccc(Cl)s1)c1nc2cc3c(cc2s1)OCO3.Cl. The van der Waals surface area contributed by atoms with Crippen molar-refractivity contribution in [3.05, 3.63) is 33.5 Å². The highest BCUT2D eigenvalue weighted by Crippen LogP contribution is 2.40. The Balaban J connectivity index is 0.00000210. The van der Waals surface area contributed by atoms with Gasteiger partial charge in [0.05, 0.1) is 19.4 Å². The van der Waals surface area contributed by atoms with Crippen molar-refractivity contribution in [2.24, 2.45) is 0 Å². The van der Waals surface area contributed by atoms with Crippen LogP contribution in [0.4, 0.5) is 5.13 Å². The lowest BCUT2D eigenvalue weighted by atomic mass is 10.3. The lowest BCUT2D eigenvalue weighted by Crippen LogP contribution is -2.36. The molecule has 0 aliphatic carbocycles. The second kappa shape index (κ2) is 8.20. The zero-order chi connectivity index (χ0) is 18.3. The van der Waals surface area contributed by atoms with Crippen LogP contribution in [-0.2, 0) is 0 Å². The first-order valence-corrected chi connectivity index (χ1v) is 9.94. The highest BCUT2D eigenvalue weighted by Gasteiger charge is 2.24. The number of thiophene rings is 1. The molecule has 3 aromatic rings. The molecule has 6 nitrogen and oxygen atoms in total. The number of ether oxygens (including phenoxy) is 2. The molecule has 27 heavy (non-hydrogen) atoms. The second-order valence-electron chi connectivity index (χ2n) is 6.03. The Labute approximate surface area is 175 Å². The monoisotopic (exact) mass is 445 g/mol. The maximum atomic E-state index is 13.0. The van der Waals surface area contributed by atoms with Crippen LogP contribution in [0.3, 0.4) is 0 Å². The molecule has 0 saturated carbocycles. The third kappa shape index (κ3) is 4.14. The number of amides is 1. The van der Waals surface area contributed by atoms with E-state index in [9.17, 15) is 4.79 Å². The average Bonchev–Trinajstić information content (AvgIpc) is 3.30. The van der Waals surface area contributed by atoms with Crippen LogP contribution >= 0.6 is 46.7 Å². The molecular weight excluding hydrogens is 429 g/mol. The Morgan fingerprint density at radius 1 is 1.19 bits per heavy atom. The van der Waals surface area contributed by atoms with Gasteiger partial charge in [0.2, 0.25) is 6.79 Å². The lowest BCUT2D eigenvalue weighted by molar-refractivity contribution is 0.0989. The summed E-state index contributed by atoms with van der Waals surface area (Å²) >= 11 is 8.74. The van der Waals surface area contributed by atoms with E-state index in [0.29, 0.717) is 32.4 Å². The molecule has 144 valence electrons. The average molecular weight is 446 g/mol. The molecule has 0 unspecified atom stereocenters. The fourth-order valence-electron chi connectivity index (χ4n) is 2.57. The van der Waals surface area contributed by atoms with E-state index in [1.54, 1.807) is 17.0 Å². The van der Waals surface area contributed by atoms with E-state index in [2.05, 4.69) is 4.98 Å². The maximum Gasteiger partial charge on any atom is 0.270 e. The first-order valence-electron chi connectivity index (χ1n) is 7.93. The molecule has 1 aliphatic rings. The number of thiazole rings is 1. The van der Waals surface area contributed by atoms with Crippen LogP contribution < -0.4 is 14.4 Å². The summed E-state index contributed by atoms with van der Waals surface area (Å²) in [4.78, 5) is 22.0. The number of carbonyl (C=O) groups is 1. The van der Waals surface area contributed by atoms with E-state index in [1.807, 2.05) is 31.1 Å². The molecule has 0 saturated heterocycles. The number of fused-ring (bicyclic) bond motifs is 2. The molecule has 2 aromatic heterocycles. The Bertz CT molecular complexity index is 933. The first kappa shape index (κ1) is 20.2. The van der Waals surface area contributed by atoms with E-state index in [0.717, 1.165) is 16.8 Å². The van der Waals surface area contributed by atoms with Gasteiger partial charge in [0, 0.05) is 25.2 Å². The van der Waals surface area contributed by atoms with Gasteiger partial charge in [-0.15, -0.1) is 23.7 Å². The van der Waals surface area contributed by atoms with E-state index < -0.39 is 0 Å². The van der Waals surface area contributed by atoms with Crippen LogP contribution in [-0.4, -0.2) is 49.8 Å². The molecule has 1 aliphatic heterocycles. The Kier molecular flexibility index (Phi) is 6.12. The molecule has 0 atom stereocenters. The van der Waals surface area contributed by atoms with Crippen LogP contribution in [0.15, 0.2) is 24.3 Å². The van der Waals surface area contributed by atoms with E-state index in [4.69, 9.17) is 21.1 Å². The molecule has 0 bridgehead atoms. The summed E-state index contributed by atoms with van der Waals surface area (Å²) in [7, 11) is 3.95. The highest BCUT2D eigenvalue weighted by atomic mass is 35.5. The van der Waals surface area contributed by atoms with Crippen molar-refractivity contribution in [2.45, 2.75) is 0 Å². The van der Waals surface area contributed by atoms with Gasteiger partial charge in [0.1, 0.15) is 0 Å². The van der Waals surface area contributed by atoms with Gasteiger partial charge in [-0.3, -0.25) is 9.69 Å². The van der Waals surface area contributed by atoms with Crippen LogP contribution in [0.1, 0.15) is 9.67 Å². The number of hydrogen-bond donors (Lipinski definition) is 0. The topological polar surface area (TPSA) is 54.9 Å². The van der Waals surface area contributed by atoms with Crippen LogP contribution in [0.2, 0.25) is 4.34 Å². The Morgan fingerprint density at radius 2 is 1.93 bits per heavy atom. The van der Waals surface area contributed by atoms with E-state index >= 15 is 0 Å². The lowest BCUT2D eigenvalue weighted by Gasteiger charge is -2.21. The van der Waals surface area contributed by atoms with Gasteiger partial charge in [-0.05, 0) is 26.2 Å². The number of hydrogen-bond acceptors (Lipinski definition) is 7. The minimum Gasteiger partial charge on any atom is -0.454 e. The van der Waals surface area contributed by atoms with Gasteiger partial charge in [0.25, 0.3) is 5.91 Å². The number of carbonyl (C=O) groups excluding carboxylic acids is 1. The summed E-state index contributed by atoms with van der Waals surface area (Å²) in [6, 6.07) is 7.26. The number of halogens is 2. The molecule has 1 aromatic carbocycles.